The summed E-state index contributed by atoms with van der Waals surface area (Å²) in [5, 5.41) is 0. The van der Waals surface area contributed by atoms with Crippen molar-refractivity contribution in [3.63, 3.8) is 0 Å². The molecule has 0 aliphatic heterocycles. The van der Waals surface area contributed by atoms with Crippen molar-refractivity contribution < 1.29 is 4.52 Å². The van der Waals surface area contributed by atoms with E-state index < -0.39 is 0 Å². The Balaban J connectivity index is 2.33. The summed E-state index contributed by atoms with van der Waals surface area (Å²) < 4.78 is 9.19. The topological polar surface area (TPSA) is 33.6 Å². The first kappa shape index (κ1) is 11.0. The monoisotopic (exact) mass is 232 g/mol. The van der Waals surface area contributed by atoms with E-state index in [0.29, 0.717) is 0 Å². The van der Waals surface area contributed by atoms with Crippen molar-refractivity contribution in [3.8, 4) is 5.75 Å². The Kier molecular flexibility index (Phi) is 5.43. The second kappa shape index (κ2) is 6.40. The van der Waals surface area contributed by atoms with Crippen LogP contribution in [-0.4, -0.2) is 0 Å². The highest BCUT2D eigenvalue weighted by Gasteiger charge is 1.90. The van der Waals surface area contributed by atoms with E-state index in [2.05, 4.69) is 25.7 Å². The van der Waals surface area contributed by atoms with Crippen LogP contribution in [0.15, 0.2) is 28.8 Å². The zero-order chi connectivity index (χ0) is 9.52. The fourth-order valence-electron chi connectivity index (χ4n) is 0.737. The minimum Gasteiger partial charge on any atom is -0.460 e. The molecule has 0 aromatic heterocycles. The molecule has 0 aliphatic carbocycles. The van der Waals surface area contributed by atoms with Crippen LogP contribution in [0.4, 0.5) is 0 Å². The average molecular weight is 232 g/mol. The lowest BCUT2D eigenvalue weighted by Gasteiger charge is -2.03. The minimum absolute atomic E-state index is 0.244. The van der Waals surface area contributed by atoms with Crippen LogP contribution in [0.25, 0.3) is 0 Å². The van der Waals surface area contributed by atoms with Gasteiger partial charge in [-0.3, -0.25) is 0 Å². The third-order valence-electron chi connectivity index (χ3n) is 1.34. The Morgan fingerprint density at radius 2 is 2.15 bits per heavy atom. The van der Waals surface area contributed by atoms with Crippen LogP contribution >= 0.6 is 26.9 Å². The highest BCUT2D eigenvalue weighted by atomic mass is 31.1. The number of hydrogen-bond donors (Lipinski definition) is 1. The first-order valence-electron chi connectivity index (χ1n) is 3.66. The number of benzene rings is 1. The van der Waals surface area contributed by atoms with Crippen LogP contribution in [-0.2, 0) is 0 Å². The third kappa shape index (κ3) is 4.64. The molecule has 0 saturated heterocycles. The van der Waals surface area contributed by atoms with E-state index in [9.17, 15) is 0 Å². The summed E-state index contributed by atoms with van der Waals surface area (Å²) in [6, 6.07) is 7.96. The Hall–Kier alpha value is -0.0600. The number of nitrogens with zero attached hydrogens (tertiary/aromatic N) is 1. The summed E-state index contributed by atoms with van der Waals surface area (Å²) in [6.45, 7) is 2.05. The normalized spacial score (nSPS) is 11.5. The van der Waals surface area contributed by atoms with Gasteiger partial charge in [-0.25, -0.2) is 9.37 Å². The van der Waals surface area contributed by atoms with Crippen LogP contribution < -0.4 is 9.38 Å². The summed E-state index contributed by atoms with van der Waals surface area (Å²) in [5.41, 5.74) is 1.24. The van der Waals surface area contributed by atoms with Gasteiger partial charge >= 0.3 is 0 Å². The third-order valence-corrected chi connectivity index (χ3v) is 2.91. The number of rotatable bonds is 4. The molecular formula is C7H11N2OP3. The van der Waals surface area contributed by atoms with Gasteiger partial charge in [0.1, 0.15) is 14.3 Å². The quantitative estimate of drug-likeness (QED) is 0.638. The summed E-state index contributed by atoms with van der Waals surface area (Å²) in [7, 11) is 3.35. The molecule has 1 N–H and O–H groups in total. The van der Waals surface area contributed by atoms with Gasteiger partial charge in [-0.1, -0.05) is 17.7 Å². The van der Waals surface area contributed by atoms with Gasteiger partial charge in [0.05, 0.1) is 0 Å². The minimum atomic E-state index is 0.244. The van der Waals surface area contributed by atoms with Gasteiger partial charge in [-0.2, -0.15) is 0 Å². The maximum atomic E-state index is 5.40. The van der Waals surface area contributed by atoms with E-state index in [0.717, 1.165) is 14.3 Å². The lowest BCUT2D eigenvalue weighted by molar-refractivity contribution is 0.629. The van der Waals surface area contributed by atoms with E-state index in [1.54, 1.807) is 0 Å². The Morgan fingerprint density at radius 3 is 2.77 bits per heavy atom. The maximum absolute atomic E-state index is 5.40. The predicted octanol–water partition coefficient (Wildman–Crippen LogP) is 3.31. The highest BCUT2D eigenvalue weighted by molar-refractivity contribution is 7.46. The molecule has 2 unspecified atom stereocenters. The van der Waals surface area contributed by atoms with Crippen molar-refractivity contribution >= 4 is 26.9 Å². The van der Waals surface area contributed by atoms with E-state index in [-0.39, 0.29) is 8.96 Å². The van der Waals surface area contributed by atoms with Gasteiger partial charge in [0.15, 0.2) is 8.96 Å². The summed E-state index contributed by atoms with van der Waals surface area (Å²) >= 11 is 0. The largest absolute Gasteiger partial charge is 0.460 e. The molecule has 0 aliphatic rings. The van der Waals surface area contributed by atoms with E-state index >= 15 is 0 Å². The van der Waals surface area contributed by atoms with E-state index in [1.165, 1.54) is 5.56 Å². The SMILES string of the molecule is Cc1ccc(OPNP=NP)cc1. The molecule has 1 rings (SSSR count). The molecule has 70 valence electrons. The molecule has 1 aromatic carbocycles. The van der Waals surface area contributed by atoms with Gasteiger partial charge in [0.25, 0.3) is 0 Å². The molecule has 0 saturated carbocycles. The van der Waals surface area contributed by atoms with Crippen LogP contribution in [0.2, 0.25) is 0 Å². The highest BCUT2D eigenvalue weighted by Crippen LogP contribution is 2.20. The second-order valence-electron chi connectivity index (χ2n) is 2.34. The zero-order valence-electron chi connectivity index (χ0n) is 7.19. The van der Waals surface area contributed by atoms with E-state index in [4.69, 9.17) is 4.52 Å². The molecular weight excluding hydrogens is 221 g/mol. The summed E-state index contributed by atoms with van der Waals surface area (Å²) in [6.07, 6.45) is 0. The molecule has 2 atom stereocenters. The van der Waals surface area contributed by atoms with Gasteiger partial charge in [-0.05, 0) is 28.4 Å². The molecule has 0 amide bonds. The fraction of sp³-hybridized carbons (Fsp3) is 0.143. The smallest absolute Gasteiger partial charge is 0.155 e. The standard InChI is InChI=1S/C7H11N2OP3/c1-6-2-4-7(5-3-6)10-13-9-12-8-11/h2-5,13H,11H2,1H3,(H,8,9). The molecule has 0 spiro atoms. The predicted molar refractivity (Wildman–Crippen MR) is 62.3 cm³/mol. The van der Waals surface area contributed by atoms with Crippen molar-refractivity contribution in [3.05, 3.63) is 29.8 Å². The molecule has 0 radical (unpaired) electrons. The molecule has 13 heavy (non-hydrogen) atoms. The molecule has 0 bridgehead atoms. The maximum Gasteiger partial charge on any atom is 0.155 e. The van der Waals surface area contributed by atoms with Crippen LogP contribution in [0.5, 0.6) is 5.75 Å². The van der Waals surface area contributed by atoms with Crippen molar-refractivity contribution in [2.24, 2.45) is 4.52 Å². The van der Waals surface area contributed by atoms with Crippen molar-refractivity contribution in [1.82, 2.24) is 4.86 Å². The molecule has 6 heteroatoms. The Morgan fingerprint density at radius 1 is 1.46 bits per heavy atom. The van der Waals surface area contributed by atoms with Gasteiger partial charge in [0.2, 0.25) is 0 Å². The summed E-state index contributed by atoms with van der Waals surface area (Å²) in [5.74, 6) is 0.885. The lowest BCUT2D eigenvalue weighted by atomic mass is 10.2. The fourth-order valence-corrected chi connectivity index (χ4v) is 2.09. The zero-order valence-corrected chi connectivity index (χ0v) is 10.2. The Labute approximate surface area is 83.8 Å². The van der Waals surface area contributed by atoms with Gasteiger partial charge < -0.3 is 4.52 Å². The van der Waals surface area contributed by atoms with Crippen LogP contribution in [0, 0.1) is 6.92 Å². The first-order chi connectivity index (χ1) is 6.33. The molecule has 1 aromatic rings. The molecule has 3 nitrogen and oxygen atoms in total. The van der Waals surface area contributed by atoms with Crippen LogP contribution in [0.1, 0.15) is 5.56 Å². The average Bonchev–Trinajstić information content (AvgIpc) is 2.15. The lowest BCUT2D eigenvalue weighted by Crippen LogP contribution is -1.85. The molecule has 0 fully saturated rings. The van der Waals surface area contributed by atoms with Crippen molar-refractivity contribution in [2.75, 3.05) is 0 Å². The number of hydrogen-bond acceptors (Lipinski definition) is 2. The van der Waals surface area contributed by atoms with E-state index in [1.807, 2.05) is 24.3 Å². The second-order valence-corrected chi connectivity index (χ2v) is 4.77. The molecule has 0 heterocycles. The first-order valence-corrected chi connectivity index (χ1v) is 5.93. The number of aryl methyl sites for hydroxylation is 1. The van der Waals surface area contributed by atoms with Gasteiger partial charge in [-0.15, -0.1) is 0 Å². The number of nitrogens with one attached hydrogen (secondary N) is 1. The van der Waals surface area contributed by atoms with Crippen LogP contribution in [0.3, 0.4) is 0 Å². The Bertz CT molecular complexity index is 276. The van der Waals surface area contributed by atoms with Crippen molar-refractivity contribution in [1.29, 1.82) is 0 Å². The summed E-state index contributed by atoms with van der Waals surface area (Å²) in [4.78, 5) is 2.99. The van der Waals surface area contributed by atoms with Crippen molar-refractivity contribution in [2.45, 2.75) is 6.92 Å². The van der Waals surface area contributed by atoms with Gasteiger partial charge in [0, 0.05) is 0 Å².